The van der Waals surface area contributed by atoms with E-state index >= 15 is 0 Å². The molecule has 0 fully saturated rings. The van der Waals surface area contributed by atoms with Crippen LogP contribution in [0.1, 0.15) is 0 Å². The maximum absolute atomic E-state index is 12.5. The third-order valence-electron chi connectivity index (χ3n) is 3.00. The largest absolute Gasteiger partial charge is 0.495 e. The molecule has 3 aromatic rings. The predicted molar refractivity (Wildman–Crippen MR) is 85.7 cm³/mol. The van der Waals surface area contributed by atoms with Gasteiger partial charge in [0.05, 0.1) is 18.5 Å². The summed E-state index contributed by atoms with van der Waals surface area (Å²) < 4.78 is 32.9. The van der Waals surface area contributed by atoms with E-state index in [0.717, 1.165) is 22.6 Å². The molecule has 2 aromatic heterocycles. The van der Waals surface area contributed by atoms with Gasteiger partial charge in [-0.25, -0.2) is 8.42 Å². The van der Waals surface area contributed by atoms with Crippen LogP contribution in [0.5, 0.6) is 5.75 Å². The number of H-pyrrole nitrogens is 1. The van der Waals surface area contributed by atoms with Crippen molar-refractivity contribution < 1.29 is 13.2 Å². The normalized spacial score (nSPS) is 11.3. The fraction of sp³-hybridized carbons (Fsp3) is 0.0714. The Labute approximate surface area is 131 Å². The van der Waals surface area contributed by atoms with Crippen LogP contribution in [-0.2, 0) is 10.0 Å². The first-order chi connectivity index (χ1) is 10.6. The smallest absolute Gasteiger partial charge is 0.271 e. The third-order valence-corrected chi connectivity index (χ3v) is 5.81. The number of benzene rings is 1. The van der Waals surface area contributed by atoms with E-state index in [1.54, 1.807) is 48.0 Å². The van der Waals surface area contributed by atoms with Gasteiger partial charge in [0.1, 0.15) is 9.96 Å². The van der Waals surface area contributed by atoms with Gasteiger partial charge in [0.15, 0.2) is 0 Å². The maximum Gasteiger partial charge on any atom is 0.271 e. The summed E-state index contributed by atoms with van der Waals surface area (Å²) in [6.07, 6.45) is 1.62. The molecule has 0 unspecified atom stereocenters. The van der Waals surface area contributed by atoms with Crippen molar-refractivity contribution in [2.75, 3.05) is 11.8 Å². The number of para-hydroxylation sites is 2. The number of hydrogen-bond donors (Lipinski definition) is 2. The van der Waals surface area contributed by atoms with E-state index < -0.39 is 10.0 Å². The fourth-order valence-electron chi connectivity index (χ4n) is 1.94. The highest BCUT2D eigenvalue weighted by Gasteiger charge is 2.19. The van der Waals surface area contributed by atoms with Crippen LogP contribution in [0, 0.1) is 0 Å². The molecular weight excluding hydrogens is 322 g/mol. The van der Waals surface area contributed by atoms with Crippen LogP contribution in [0.2, 0.25) is 0 Å². The number of sulfonamides is 1. The summed E-state index contributed by atoms with van der Waals surface area (Å²) in [7, 11) is -2.17. The minimum atomic E-state index is -3.66. The van der Waals surface area contributed by atoms with Gasteiger partial charge in [0.25, 0.3) is 10.0 Å². The van der Waals surface area contributed by atoms with Gasteiger partial charge >= 0.3 is 0 Å². The molecule has 6 nitrogen and oxygen atoms in total. The number of ether oxygens (including phenoxy) is 1. The second-order valence-electron chi connectivity index (χ2n) is 4.43. The molecule has 0 bridgehead atoms. The SMILES string of the molecule is COc1ccccc1NS(=O)(=O)c1cc(-c2ccn[nH]2)cs1. The highest BCUT2D eigenvalue weighted by molar-refractivity contribution is 7.94. The first kappa shape index (κ1) is 14.6. The molecule has 2 heterocycles. The topological polar surface area (TPSA) is 84.1 Å². The number of hydrogen-bond acceptors (Lipinski definition) is 5. The number of aromatic amines is 1. The van der Waals surface area contributed by atoms with Crippen molar-refractivity contribution in [2.24, 2.45) is 0 Å². The molecular formula is C14H13N3O3S2. The van der Waals surface area contributed by atoms with E-state index in [1.165, 1.54) is 7.11 Å². The summed E-state index contributed by atoms with van der Waals surface area (Å²) in [4.78, 5) is 0. The Morgan fingerprint density at radius 1 is 1.27 bits per heavy atom. The van der Waals surface area contributed by atoms with Gasteiger partial charge in [-0.1, -0.05) is 12.1 Å². The highest BCUT2D eigenvalue weighted by Crippen LogP contribution is 2.30. The second-order valence-corrected chi connectivity index (χ2v) is 7.25. The zero-order valence-electron chi connectivity index (χ0n) is 11.6. The van der Waals surface area contributed by atoms with Crippen molar-refractivity contribution in [2.45, 2.75) is 4.21 Å². The van der Waals surface area contributed by atoms with Crippen LogP contribution >= 0.6 is 11.3 Å². The van der Waals surface area contributed by atoms with Crippen LogP contribution < -0.4 is 9.46 Å². The molecule has 0 radical (unpaired) electrons. The summed E-state index contributed by atoms with van der Waals surface area (Å²) in [5.41, 5.74) is 1.96. The van der Waals surface area contributed by atoms with Crippen molar-refractivity contribution in [3.05, 3.63) is 48.0 Å². The van der Waals surface area contributed by atoms with Crippen LogP contribution in [-0.4, -0.2) is 25.7 Å². The minimum absolute atomic E-state index is 0.225. The standard InChI is InChI=1S/C14H13N3O3S2/c1-20-13-5-3-2-4-12(13)17-22(18,19)14-8-10(9-21-14)11-6-7-15-16-11/h2-9,17H,1H3,(H,15,16). The molecule has 0 saturated carbocycles. The summed E-state index contributed by atoms with van der Waals surface area (Å²) >= 11 is 1.15. The molecule has 114 valence electrons. The van der Waals surface area contributed by atoms with Gasteiger partial charge in [-0.2, -0.15) is 5.10 Å². The third kappa shape index (κ3) is 2.83. The second kappa shape index (κ2) is 5.82. The van der Waals surface area contributed by atoms with E-state index in [2.05, 4.69) is 14.9 Å². The molecule has 0 atom stereocenters. The van der Waals surface area contributed by atoms with Crippen molar-refractivity contribution in [1.82, 2.24) is 10.2 Å². The van der Waals surface area contributed by atoms with Crippen molar-refractivity contribution in [3.63, 3.8) is 0 Å². The molecule has 3 rings (SSSR count). The molecule has 0 amide bonds. The van der Waals surface area contributed by atoms with E-state index in [0.29, 0.717) is 11.4 Å². The van der Waals surface area contributed by atoms with Gasteiger partial charge in [-0.3, -0.25) is 9.82 Å². The molecule has 0 saturated heterocycles. The number of nitrogens with one attached hydrogen (secondary N) is 2. The number of methoxy groups -OCH3 is 1. The first-order valence-corrected chi connectivity index (χ1v) is 8.70. The summed E-state index contributed by atoms with van der Waals surface area (Å²) in [5.74, 6) is 0.469. The van der Waals surface area contributed by atoms with Gasteiger partial charge in [0, 0.05) is 17.1 Å². The quantitative estimate of drug-likeness (QED) is 0.751. The molecule has 8 heteroatoms. The Kier molecular flexibility index (Phi) is 3.86. The van der Waals surface area contributed by atoms with Crippen molar-refractivity contribution in [3.8, 4) is 17.0 Å². The van der Waals surface area contributed by atoms with Gasteiger partial charge < -0.3 is 4.74 Å². The van der Waals surface area contributed by atoms with E-state index in [1.807, 2.05) is 0 Å². The Balaban J connectivity index is 1.90. The number of rotatable bonds is 5. The van der Waals surface area contributed by atoms with Gasteiger partial charge in [0.2, 0.25) is 0 Å². The van der Waals surface area contributed by atoms with Crippen LogP contribution in [0.4, 0.5) is 5.69 Å². The molecule has 22 heavy (non-hydrogen) atoms. The summed E-state index contributed by atoms with van der Waals surface area (Å²) in [5, 5.41) is 8.43. The van der Waals surface area contributed by atoms with E-state index in [-0.39, 0.29) is 4.21 Å². The first-order valence-electron chi connectivity index (χ1n) is 6.34. The average molecular weight is 335 g/mol. The number of aromatic nitrogens is 2. The zero-order chi connectivity index (χ0) is 15.6. The lowest BCUT2D eigenvalue weighted by molar-refractivity contribution is 0.417. The summed E-state index contributed by atoms with van der Waals surface area (Å²) in [6, 6.07) is 10.3. The average Bonchev–Trinajstić information content (AvgIpc) is 3.18. The number of nitrogens with zero attached hydrogens (tertiary/aromatic N) is 1. The Morgan fingerprint density at radius 2 is 2.09 bits per heavy atom. The molecule has 0 spiro atoms. The monoisotopic (exact) mass is 335 g/mol. The van der Waals surface area contributed by atoms with E-state index in [9.17, 15) is 8.42 Å². The summed E-state index contributed by atoms with van der Waals surface area (Å²) in [6.45, 7) is 0. The lowest BCUT2D eigenvalue weighted by Crippen LogP contribution is -2.12. The van der Waals surface area contributed by atoms with E-state index in [4.69, 9.17) is 4.74 Å². The number of anilines is 1. The minimum Gasteiger partial charge on any atom is -0.495 e. The van der Waals surface area contributed by atoms with Crippen LogP contribution in [0.3, 0.4) is 0 Å². The Morgan fingerprint density at radius 3 is 2.82 bits per heavy atom. The molecule has 0 aliphatic rings. The highest BCUT2D eigenvalue weighted by atomic mass is 32.2. The van der Waals surface area contributed by atoms with Crippen LogP contribution in [0.15, 0.2) is 52.2 Å². The predicted octanol–water partition coefficient (Wildman–Crippen LogP) is 2.95. The maximum atomic E-state index is 12.5. The molecule has 1 aromatic carbocycles. The van der Waals surface area contributed by atoms with Crippen molar-refractivity contribution >= 4 is 27.0 Å². The Hall–Kier alpha value is -2.32. The van der Waals surface area contributed by atoms with Gasteiger partial charge in [-0.15, -0.1) is 11.3 Å². The van der Waals surface area contributed by atoms with Crippen molar-refractivity contribution in [1.29, 1.82) is 0 Å². The molecule has 0 aliphatic heterocycles. The lowest BCUT2D eigenvalue weighted by Gasteiger charge is -2.10. The van der Waals surface area contributed by atoms with Gasteiger partial charge in [-0.05, 0) is 24.3 Å². The molecule has 0 aliphatic carbocycles. The zero-order valence-corrected chi connectivity index (χ0v) is 13.2. The fourth-order valence-corrected chi connectivity index (χ4v) is 4.19. The molecule has 2 N–H and O–H groups in total. The lowest BCUT2D eigenvalue weighted by atomic mass is 10.2. The van der Waals surface area contributed by atoms with Crippen LogP contribution in [0.25, 0.3) is 11.3 Å². The number of thiophene rings is 1. The Bertz CT molecular complexity index is 870.